The number of aryl methyl sites for hydroxylation is 1. The number of ether oxygens (including phenoxy) is 2. The third-order valence-corrected chi connectivity index (χ3v) is 3.88. The Kier molecular flexibility index (Phi) is 4.42. The number of methoxy groups -OCH3 is 2. The Balaban J connectivity index is 2.66. The van der Waals surface area contributed by atoms with Gasteiger partial charge in [0.1, 0.15) is 0 Å². The monoisotopic (exact) mass is 388 g/mol. The molecule has 1 aromatic heterocycles. The Morgan fingerprint density at radius 3 is 2.40 bits per heavy atom. The first-order valence-electron chi connectivity index (χ1n) is 5.91. The number of hydrogen-bond acceptors (Lipinski definition) is 4. The van der Waals surface area contributed by atoms with E-state index in [0.29, 0.717) is 15.0 Å². The molecule has 0 saturated heterocycles. The Bertz CT molecular complexity index is 662. The van der Waals surface area contributed by atoms with Crippen molar-refractivity contribution in [1.82, 2.24) is 9.97 Å². The molecular formula is C14H14FIN2O2. The van der Waals surface area contributed by atoms with Gasteiger partial charge >= 0.3 is 0 Å². The molecule has 0 fully saturated rings. The van der Waals surface area contributed by atoms with Crippen molar-refractivity contribution < 1.29 is 13.9 Å². The maximum atomic E-state index is 14.4. The number of nitrogens with zero attached hydrogens (tertiary/aromatic N) is 2. The fourth-order valence-electron chi connectivity index (χ4n) is 1.81. The lowest BCUT2D eigenvalue weighted by Gasteiger charge is -2.11. The van der Waals surface area contributed by atoms with Crippen molar-refractivity contribution in [2.45, 2.75) is 13.8 Å². The molecule has 0 atom stereocenters. The van der Waals surface area contributed by atoms with Crippen LogP contribution in [-0.4, -0.2) is 24.2 Å². The molecule has 0 spiro atoms. The van der Waals surface area contributed by atoms with Gasteiger partial charge in [-0.05, 0) is 48.6 Å². The van der Waals surface area contributed by atoms with E-state index >= 15 is 0 Å². The Morgan fingerprint density at radius 1 is 1.10 bits per heavy atom. The second-order valence-electron chi connectivity index (χ2n) is 4.21. The zero-order valence-corrected chi connectivity index (χ0v) is 13.8. The lowest BCUT2D eigenvalue weighted by Crippen LogP contribution is -2.02. The zero-order valence-electron chi connectivity index (χ0n) is 11.6. The van der Waals surface area contributed by atoms with Crippen LogP contribution in [0.1, 0.15) is 11.3 Å². The molecule has 0 bridgehead atoms. The van der Waals surface area contributed by atoms with Gasteiger partial charge < -0.3 is 9.47 Å². The molecule has 0 radical (unpaired) electrons. The van der Waals surface area contributed by atoms with E-state index in [9.17, 15) is 4.39 Å². The zero-order chi connectivity index (χ0) is 14.9. The molecule has 106 valence electrons. The largest absolute Gasteiger partial charge is 0.493 e. The first-order chi connectivity index (χ1) is 9.49. The highest BCUT2D eigenvalue weighted by molar-refractivity contribution is 14.1. The average Bonchev–Trinajstić information content (AvgIpc) is 2.42. The van der Waals surface area contributed by atoms with Crippen molar-refractivity contribution in [3.63, 3.8) is 0 Å². The summed E-state index contributed by atoms with van der Waals surface area (Å²) in [6.07, 6.45) is 0. The SMILES string of the molecule is COc1nc(-c2ccc(I)c(OC)c2F)nc(C)c1C. The van der Waals surface area contributed by atoms with Gasteiger partial charge in [0.25, 0.3) is 0 Å². The first kappa shape index (κ1) is 15.0. The van der Waals surface area contributed by atoms with Gasteiger partial charge in [-0.1, -0.05) is 0 Å². The van der Waals surface area contributed by atoms with Crippen LogP contribution >= 0.6 is 22.6 Å². The van der Waals surface area contributed by atoms with Crippen LogP contribution in [0.3, 0.4) is 0 Å². The summed E-state index contributed by atoms with van der Waals surface area (Å²) in [6, 6.07) is 3.41. The molecule has 20 heavy (non-hydrogen) atoms. The van der Waals surface area contributed by atoms with Crippen LogP contribution < -0.4 is 9.47 Å². The van der Waals surface area contributed by atoms with E-state index in [2.05, 4.69) is 9.97 Å². The van der Waals surface area contributed by atoms with E-state index in [1.54, 1.807) is 12.1 Å². The summed E-state index contributed by atoms with van der Waals surface area (Å²) in [5.41, 5.74) is 1.89. The molecule has 0 unspecified atom stereocenters. The van der Waals surface area contributed by atoms with Gasteiger partial charge in [0, 0.05) is 11.3 Å². The Labute approximate surface area is 130 Å². The molecule has 1 aromatic carbocycles. The van der Waals surface area contributed by atoms with Crippen LogP contribution in [0.15, 0.2) is 12.1 Å². The molecule has 1 heterocycles. The normalized spacial score (nSPS) is 10.5. The second-order valence-corrected chi connectivity index (χ2v) is 5.37. The Hall–Kier alpha value is -1.44. The predicted octanol–water partition coefficient (Wildman–Crippen LogP) is 3.52. The van der Waals surface area contributed by atoms with Crippen molar-refractivity contribution in [1.29, 1.82) is 0 Å². The fraction of sp³-hybridized carbons (Fsp3) is 0.286. The van der Waals surface area contributed by atoms with Gasteiger partial charge in [0.2, 0.25) is 5.88 Å². The van der Waals surface area contributed by atoms with E-state index in [1.165, 1.54) is 14.2 Å². The third kappa shape index (κ3) is 2.56. The summed E-state index contributed by atoms with van der Waals surface area (Å²) in [6.45, 7) is 3.70. The van der Waals surface area contributed by atoms with Crippen LogP contribution in [0, 0.1) is 23.2 Å². The van der Waals surface area contributed by atoms with Crippen LogP contribution in [0.4, 0.5) is 4.39 Å². The van der Waals surface area contributed by atoms with Crippen molar-refractivity contribution in [2.24, 2.45) is 0 Å². The highest BCUT2D eigenvalue weighted by atomic mass is 127. The van der Waals surface area contributed by atoms with Gasteiger partial charge in [-0.25, -0.2) is 9.37 Å². The summed E-state index contributed by atoms with van der Waals surface area (Å²) in [7, 11) is 2.97. The Morgan fingerprint density at radius 2 is 1.80 bits per heavy atom. The number of benzene rings is 1. The summed E-state index contributed by atoms with van der Waals surface area (Å²) < 4.78 is 25.4. The maximum Gasteiger partial charge on any atom is 0.219 e. The molecule has 0 N–H and O–H groups in total. The highest BCUT2D eigenvalue weighted by Crippen LogP contribution is 2.32. The molecule has 0 aliphatic heterocycles. The highest BCUT2D eigenvalue weighted by Gasteiger charge is 2.18. The van der Waals surface area contributed by atoms with Crippen molar-refractivity contribution in [3.8, 4) is 23.0 Å². The van der Waals surface area contributed by atoms with Gasteiger partial charge in [-0.2, -0.15) is 4.98 Å². The molecule has 6 heteroatoms. The third-order valence-electron chi connectivity index (χ3n) is 3.03. The van der Waals surface area contributed by atoms with E-state index in [0.717, 1.165) is 11.3 Å². The number of halogens is 2. The molecule has 4 nitrogen and oxygen atoms in total. The average molecular weight is 388 g/mol. The van der Waals surface area contributed by atoms with E-state index in [1.807, 2.05) is 36.4 Å². The number of rotatable bonds is 3. The minimum atomic E-state index is -0.468. The lowest BCUT2D eigenvalue weighted by molar-refractivity contribution is 0.383. The van der Waals surface area contributed by atoms with Crippen molar-refractivity contribution >= 4 is 22.6 Å². The van der Waals surface area contributed by atoms with Gasteiger partial charge in [0.15, 0.2) is 17.4 Å². The lowest BCUT2D eigenvalue weighted by atomic mass is 10.1. The molecule has 0 aliphatic rings. The van der Waals surface area contributed by atoms with Crippen molar-refractivity contribution in [3.05, 3.63) is 32.8 Å². The first-order valence-corrected chi connectivity index (χ1v) is 6.99. The van der Waals surface area contributed by atoms with Crippen LogP contribution in [0.2, 0.25) is 0 Å². The van der Waals surface area contributed by atoms with Crippen LogP contribution in [-0.2, 0) is 0 Å². The molecule has 0 amide bonds. The second kappa shape index (κ2) is 5.90. The van der Waals surface area contributed by atoms with E-state index < -0.39 is 5.82 Å². The molecule has 0 aliphatic carbocycles. The van der Waals surface area contributed by atoms with Gasteiger partial charge in [0.05, 0.1) is 23.4 Å². The predicted molar refractivity (Wildman–Crippen MR) is 82.7 cm³/mol. The van der Waals surface area contributed by atoms with E-state index in [-0.39, 0.29) is 11.6 Å². The van der Waals surface area contributed by atoms with Crippen molar-refractivity contribution in [2.75, 3.05) is 14.2 Å². The summed E-state index contributed by atoms with van der Waals surface area (Å²) in [4.78, 5) is 8.58. The maximum absolute atomic E-state index is 14.4. The molecular weight excluding hydrogens is 374 g/mol. The fourth-order valence-corrected chi connectivity index (χ4v) is 2.45. The molecule has 2 aromatic rings. The minimum absolute atomic E-state index is 0.198. The van der Waals surface area contributed by atoms with Crippen LogP contribution in [0.5, 0.6) is 11.6 Å². The topological polar surface area (TPSA) is 44.2 Å². The number of aromatic nitrogens is 2. The summed E-state index contributed by atoms with van der Waals surface area (Å²) in [5, 5.41) is 0. The summed E-state index contributed by atoms with van der Waals surface area (Å²) in [5.74, 6) is 0.468. The quantitative estimate of drug-likeness (QED) is 0.755. The minimum Gasteiger partial charge on any atom is -0.493 e. The molecule has 2 rings (SSSR count). The number of hydrogen-bond donors (Lipinski definition) is 0. The smallest absolute Gasteiger partial charge is 0.219 e. The van der Waals surface area contributed by atoms with Gasteiger partial charge in [-0.15, -0.1) is 0 Å². The molecule has 0 saturated carbocycles. The van der Waals surface area contributed by atoms with Crippen LogP contribution in [0.25, 0.3) is 11.4 Å². The van der Waals surface area contributed by atoms with Gasteiger partial charge in [-0.3, -0.25) is 0 Å². The van der Waals surface area contributed by atoms with E-state index in [4.69, 9.17) is 9.47 Å². The standard InChI is InChI=1S/C14H14FIN2O2/c1-7-8(2)17-13(18-14(7)20-4)9-5-6-10(16)12(19-3)11(9)15/h5-6H,1-4H3. The summed E-state index contributed by atoms with van der Waals surface area (Å²) >= 11 is 2.02.